The maximum absolute atomic E-state index is 13.8. The van der Waals surface area contributed by atoms with Gasteiger partial charge in [-0.15, -0.1) is 6.58 Å². The van der Waals surface area contributed by atoms with Gasteiger partial charge in [-0.25, -0.2) is 4.39 Å². The third-order valence-electron chi connectivity index (χ3n) is 3.30. The Balaban J connectivity index is 2.42. The number of carbonyl (C=O) groups is 1. The third kappa shape index (κ3) is 3.28. The van der Waals surface area contributed by atoms with Gasteiger partial charge in [-0.2, -0.15) is 0 Å². The molecule has 0 aliphatic rings. The number of carbonyl (C=O) groups excluding carboxylic acids is 1. The number of amides is 1. The topological polar surface area (TPSA) is 29.5 Å². The first kappa shape index (κ1) is 15.2. The molecular formula is C17H18FNO2. The second-order valence-corrected chi connectivity index (χ2v) is 4.67. The number of hydrogen-bond donors (Lipinski definition) is 0. The molecule has 0 spiro atoms. The van der Waals surface area contributed by atoms with Crippen molar-refractivity contribution in [2.45, 2.75) is 0 Å². The lowest BCUT2D eigenvalue weighted by Crippen LogP contribution is -2.34. The summed E-state index contributed by atoms with van der Waals surface area (Å²) < 4.78 is 18.8. The fourth-order valence-corrected chi connectivity index (χ4v) is 2.25. The van der Waals surface area contributed by atoms with E-state index in [4.69, 9.17) is 4.74 Å². The Labute approximate surface area is 123 Å². The molecule has 0 unspecified atom stereocenters. The van der Waals surface area contributed by atoms with E-state index >= 15 is 0 Å². The average molecular weight is 287 g/mol. The zero-order chi connectivity index (χ0) is 15.2. The number of methoxy groups -OCH3 is 1. The number of rotatable bonds is 6. The van der Waals surface area contributed by atoms with Crippen LogP contribution in [0, 0.1) is 5.82 Å². The molecule has 110 valence electrons. The van der Waals surface area contributed by atoms with Crippen molar-refractivity contribution in [3.05, 3.63) is 60.4 Å². The van der Waals surface area contributed by atoms with E-state index in [9.17, 15) is 9.18 Å². The van der Waals surface area contributed by atoms with Gasteiger partial charge in [-0.1, -0.05) is 30.3 Å². The van der Waals surface area contributed by atoms with E-state index in [1.165, 1.54) is 12.1 Å². The van der Waals surface area contributed by atoms with E-state index in [1.54, 1.807) is 42.4 Å². The van der Waals surface area contributed by atoms with Crippen molar-refractivity contribution < 1.29 is 13.9 Å². The summed E-state index contributed by atoms with van der Waals surface area (Å²) in [5.74, 6) is -0.475. The van der Waals surface area contributed by atoms with Gasteiger partial charge in [0.25, 0.3) is 5.91 Å². The molecule has 4 heteroatoms. The minimum Gasteiger partial charge on any atom is -0.383 e. The summed E-state index contributed by atoms with van der Waals surface area (Å²) in [6.07, 6.45) is 1.67. The third-order valence-corrected chi connectivity index (χ3v) is 3.30. The van der Waals surface area contributed by atoms with Crippen molar-refractivity contribution >= 4 is 16.7 Å². The van der Waals surface area contributed by atoms with E-state index in [2.05, 4.69) is 6.58 Å². The van der Waals surface area contributed by atoms with Gasteiger partial charge >= 0.3 is 0 Å². The Kier molecular flexibility index (Phi) is 5.06. The van der Waals surface area contributed by atoms with E-state index in [0.717, 1.165) is 0 Å². The van der Waals surface area contributed by atoms with Gasteiger partial charge in [0, 0.05) is 31.1 Å². The van der Waals surface area contributed by atoms with Crippen LogP contribution in [0.2, 0.25) is 0 Å². The van der Waals surface area contributed by atoms with Crippen LogP contribution in [0.15, 0.2) is 49.1 Å². The Morgan fingerprint density at radius 1 is 1.29 bits per heavy atom. The van der Waals surface area contributed by atoms with E-state index in [1.807, 2.05) is 0 Å². The Hall–Kier alpha value is -2.20. The van der Waals surface area contributed by atoms with E-state index < -0.39 is 0 Å². The fraction of sp³-hybridized carbons (Fsp3) is 0.235. The molecular weight excluding hydrogens is 269 g/mol. The number of ether oxygens (including phenoxy) is 1. The van der Waals surface area contributed by atoms with Crippen molar-refractivity contribution in [3.63, 3.8) is 0 Å². The number of nitrogens with zero attached hydrogens (tertiary/aromatic N) is 1. The molecule has 2 rings (SSSR count). The second-order valence-electron chi connectivity index (χ2n) is 4.67. The standard InChI is InChI=1S/C17H18FNO2/c1-3-10-19(11-12-21-2)17(20)15-8-9-16(18)14-7-5-4-6-13(14)15/h3-9H,1,10-12H2,2H3. The monoisotopic (exact) mass is 287 g/mol. The van der Waals surface area contributed by atoms with Gasteiger partial charge in [0.1, 0.15) is 5.82 Å². The highest BCUT2D eigenvalue weighted by molar-refractivity contribution is 6.07. The molecule has 2 aromatic carbocycles. The SMILES string of the molecule is C=CCN(CCOC)C(=O)c1ccc(F)c2ccccc12. The highest BCUT2D eigenvalue weighted by atomic mass is 19.1. The maximum atomic E-state index is 13.8. The Bertz CT molecular complexity index is 654. The Morgan fingerprint density at radius 2 is 2.00 bits per heavy atom. The maximum Gasteiger partial charge on any atom is 0.254 e. The molecule has 0 saturated heterocycles. The molecule has 0 aliphatic heterocycles. The van der Waals surface area contributed by atoms with Gasteiger partial charge < -0.3 is 9.64 Å². The van der Waals surface area contributed by atoms with E-state index in [-0.39, 0.29) is 11.7 Å². The molecule has 2 aromatic rings. The first-order chi connectivity index (χ1) is 10.2. The van der Waals surface area contributed by atoms with Crippen LogP contribution in [-0.4, -0.2) is 37.6 Å². The van der Waals surface area contributed by atoms with Gasteiger partial charge in [0.15, 0.2) is 0 Å². The van der Waals surface area contributed by atoms with Crippen LogP contribution >= 0.6 is 0 Å². The van der Waals surface area contributed by atoms with Crippen molar-refractivity contribution in [3.8, 4) is 0 Å². The molecule has 0 fully saturated rings. The van der Waals surface area contributed by atoms with E-state index in [0.29, 0.717) is 36.0 Å². The number of hydrogen-bond acceptors (Lipinski definition) is 2. The van der Waals surface area contributed by atoms with Crippen LogP contribution < -0.4 is 0 Å². The number of halogens is 1. The number of fused-ring (bicyclic) bond motifs is 1. The first-order valence-corrected chi connectivity index (χ1v) is 6.75. The highest BCUT2D eigenvalue weighted by Gasteiger charge is 2.17. The molecule has 21 heavy (non-hydrogen) atoms. The summed E-state index contributed by atoms with van der Waals surface area (Å²) in [5.41, 5.74) is 0.491. The van der Waals surface area contributed by atoms with Crippen LogP contribution in [0.3, 0.4) is 0 Å². The molecule has 0 aliphatic carbocycles. The van der Waals surface area contributed by atoms with Gasteiger partial charge in [-0.05, 0) is 17.5 Å². The summed E-state index contributed by atoms with van der Waals surface area (Å²) in [6, 6.07) is 9.85. The zero-order valence-electron chi connectivity index (χ0n) is 12.0. The van der Waals surface area contributed by atoms with Crippen molar-refractivity contribution in [1.82, 2.24) is 4.90 Å². The molecule has 3 nitrogen and oxygen atoms in total. The quantitative estimate of drug-likeness (QED) is 0.763. The molecule has 0 atom stereocenters. The lowest BCUT2D eigenvalue weighted by molar-refractivity contribution is 0.0720. The predicted molar refractivity (Wildman–Crippen MR) is 81.9 cm³/mol. The van der Waals surface area contributed by atoms with Crippen LogP contribution in [0.4, 0.5) is 4.39 Å². The summed E-state index contributed by atoms with van der Waals surface area (Å²) in [7, 11) is 1.59. The molecule has 0 bridgehead atoms. The van der Waals surface area contributed by atoms with Crippen molar-refractivity contribution in [2.24, 2.45) is 0 Å². The van der Waals surface area contributed by atoms with Crippen LogP contribution in [0.5, 0.6) is 0 Å². The van der Waals surface area contributed by atoms with Crippen molar-refractivity contribution in [1.29, 1.82) is 0 Å². The second kappa shape index (κ2) is 6.99. The summed E-state index contributed by atoms with van der Waals surface area (Å²) in [4.78, 5) is 14.3. The molecule has 0 heterocycles. The van der Waals surface area contributed by atoms with Crippen LogP contribution in [-0.2, 0) is 4.74 Å². The average Bonchev–Trinajstić information content (AvgIpc) is 2.51. The molecule has 0 saturated carbocycles. The fourth-order valence-electron chi connectivity index (χ4n) is 2.25. The Morgan fingerprint density at radius 3 is 2.67 bits per heavy atom. The lowest BCUT2D eigenvalue weighted by atomic mass is 10.0. The van der Waals surface area contributed by atoms with Gasteiger partial charge in [-0.3, -0.25) is 4.79 Å². The van der Waals surface area contributed by atoms with Gasteiger partial charge in [0.05, 0.1) is 6.61 Å². The van der Waals surface area contributed by atoms with Crippen LogP contribution in [0.1, 0.15) is 10.4 Å². The molecule has 0 aromatic heterocycles. The number of benzene rings is 2. The summed E-state index contributed by atoms with van der Waals surface area (Å²) in [5, 5.41) is 1.07. The minimum atomic E-state index is -0.325. The molecule has 1 amide bonds. The molecule has 0 radical (unpaired) electrons. The largest absolute Gasteiger partial charge is 0.383 e. The normalized spacial score (nSPS) is 10.6. The lowest BCUT2D eigenvalue weighted by Gasteiger charge is -2.21. The van der Waals surface area contributed by atoms with Crippen molar-refractivity contribution in [2.75, 3.05) is 26.8 Å². The first-order valence-electron chi connectivity index (χ1n) is 6.75. The van der Waals surface area contributed by atoms with Gasteiger partial charge in [0.2, 0.25) is 0 Å². The highest BCUT2D eigenvalue weighted by Crippen LogP contribution is 2.23. The van der Waals surface area contributed by atoms with Crippen LogP contribution in [0.25, 0.3) is 10.8 Å². The smallest absolute Gasteiger partial charge is 0.254 e. The molecule has 0 N–H and O–H groups in total. The summed E-state index contributed by atoms with van der Waals surface area (Å²) >= 11 is 0. The minimum absolute atomic E-state index is 0.150. The zero-order valence-corrected chi connectivity index (χ0v) is 12.0. The predicted octanol–water partition coefficient (Wildman–Crippen LogP) is 3.25. The summed E-state index contributed by atoms with van der Waals surface area (Å²) in [6.45, 7) is 5.00.